The van der Waals surface area contributed by atoms with E-state index in [0.29, 0.717) is 19.3 Å². The molecule has 0 saturated heterocycles. The normalized spacial score (nSPS) is 30.6. The van der Waals surface area contributed by atoms with Gasteiger partial charge in [0.05, 0.1) is 0 Å². The highest BCUT2D eigenvalue weighted by molar-refractivity contribution is 7.12. The molecule has 0 unspecified atom stereocenters. The number of hydrogen-bond acceptors (Lipinski definition) is 2. The molecule has 1 saturated carbocycles. The Morgan fingerprint density at radius 2 is 2.00 bits per heavy atom. The van der Waals surface area contributed by atoms with Crippen LogP contribution in [0, 0.1) is 0 Å². The quantitative estimate of drug-likeness (QED) is 0.861. The summed E-state index contributed by atoms with van der Waals surface area (Å²) in [6.07, 6.45) is 4.57. The molecule has 0 aliphatic heterocycles. The molecule has 16 heavy (non-hydrogen) atoms. The lowest BCUT2D eigenvalue weighted by Gasteiger charge is -2.32. The molecule has 2 rings (SSSR count). The van der Waals surface area contributed by atoms with Gasteiger partial charge in [-0.25, -0.2) is 4.39 Å². The van der Waals surface area contributed by atoms with Crippen LogP contribution in [0.1, 0.15) is 42.4 Å². The minimum absolute atomic E-state index is 0.221. The third-order valence-electron chi connectivity index (χ3n) is 3.48. The Balaban J connectivity index is 1.97. The van der Waals surface area contributed by atoms with E-state index < -0.39 is 5.67 Å². The Bertz CT molecular complexity index is 339. The lowest BCUT2D eigenvalue weighted by atomic mass is 9.81. The molecule has 90 valence electrons. The van der Waals surface area contributed by atoms with Crippen LogP contribution in [0.25, 0.3) is 0 Å². The van der Waals surface area contributed by atoms with Gasteiger partial charge in [-0.15, -0.1) is 11.3 Å². The average molecular weight is 241 g/mol. The summed E-state index contributed by atoms with van der Waals surface area (Å²) in [6.45, 7) is 2.14. The summed E-state index contributed by atoms with van der Waals surface area (Å²) in [5.41, 5.74) is 4.82. The molecule has 1 heterocycles. The third kappa shape index (κ3) is 2.83. The van der Waals surface area contributed by atoms with Crippen LogP contribution in [0.4, 0.5) is 4.39 Å². The molecule has 2 N–H and O–H groups in total. The number of thiophene rings is 1. The minimum Gasteiger partial charge on any atom is -0.328 e. The Morgan fingerprint density at radius 1 is 1.38 bits per heavy atom. The molecule has 1 aromatic rings. The highest BCUT2D eigenvalue weighted by Gasteiger charge is 2.34. The van der Waals surface area contributed by atoms with Gasteiger partial charge in [0.25, 0.3) is 0 Å². The summed E-state index contributed by atoms with van der Waals surface area (Å²) >= 11 is 1.75. The van der Waals surface area contributed by atoms with Crippen LogP contribution in [-0.4, -0.2) is 11.7 Å². The number of alkyl halides is 1. The van der Waals surface area contributed by atoms with Gasteiger partial charge in [0.2, 0.25) is 0 Å². The number of rotatable bonds is 3. The Hall–Kier alpha value is -0.410. The van der Waals surface area contributed by atoms with Crippen LogP contribution < -0.4 is 5.73 Å². The Labute approximate surface area is 101 Å². The molecule has 1 aliphatic carbocycles. The van der Waals surface area contributed by atoms with Gasteiger partial charge in [-0.1, -0.05) is 6.92 Å². The van der Waals surface area contributed by atoms with Crippen molar-refractivity contribution >= 4 is 11.3 Å². The molecule has 1 fully saturated rings. The second-order valence-electron chi connectivity index (χ2n) is 4.89. The maximum Gasteiger partial charge on any atom is 0.116 e. The van der Waals surface area contributed by atoms with E-state index in [2.05, 4.69) is 19.1 Å². The molecule has 1 aliphatic rings. The molecule has 0 amide bonds. The summed E-state index contributed by atoms with van der Waals surface area (Å²) in [4.78, 5) is 2.54. The van der Waals surface area contributed by atoms with Gasteiger partial charge < -0.3 is 5.73 Å². The zero-order valence-electron chi connectivity index (χ0n) is 9.84. The Morgan fingerprint density at radius 3 is 2.56 bits per heavy atom. The van der Waals surface area contributed by atoms with Crippen molar-refractivity contribution < 1.29 is 4.39 Å². The van der Waals surface area contributed by atoms with Crippen molar-refractivity contribution in [1.29, 1.82) is 0 Å². The van der Waals surface area contributed by atoms with Gasteiger partial charge in [-0.2, -0.15) is 0 Å². The maximum atomic E-state index is 14.5. The molecule has 0 aromatic carbocycles. The van der Waals surface area contributed by atoms with E-state index in [1.807, 2.05) is 0 Å². The van der Waals surface area contributed by atoms with E-state index in [9.17, 15) is 4.39 Å². The van der Waals surface area contributed by atoms with Gasteiger partial charge in [0.1, 0.15) is 5.67 Å². The van der Waals surface area contributed by atoms with Crippen molar-refractivity contribution in [1.82, 2.24) is 0 Å². The van der Waals surface area contributed by atoms with E-state index in [-0.39, 0.29) is 6.04 Å². The summed E-state index contributed by atoms with van der Waals surface area (Å²) in [5, 5.41) is 0. The van der Waals surface area contributed by atoms with Gasteiger partial charge in [-0.05, 0) is 44.2 Å². The number of halogens is 1. The zero-order chi connectivity index (χ0) is 11.6. The molecular formula is C13H20FNS. The van der Waals surface area contributed by atoms with Gasteiger partial charge >= 0.3 is 0 Å². The fourth-order valence-electron chi connectivity index (χ4n) is 2.35. The lowest BCUT2D eigenvalue weighted by molar-refractivity contribution is 0.100. The van der Waals surface area contributed by atoms with Crippen molar-refractivity contribution in [3.63, 3.8) is 0 Å². The third-order valence-corrected chi connectivity index (χ3v) is 4.71. The number of nitrogens with two attached hydrogens (primary N) is 1. The number of aryl methyl sites for hydroxylation is 1. The molecule has 0 radical (unpaired) electrons. The lowest BCUT2D eigenvalue weighted by Crippen LogP contribution is -2.36. The first-order chi connectivity index (χ1) is 7.61. The first-order valence-electron chi connectivity index (χ1n) is 6.13. The van der Waals surface area contributed by atoms with E-state index in [1.165, 1.54) is 9.75 Å². The molecule has 0 bridgehead atoms. The Kier molecular flexibility index (Phi) is 3.65. The van der Waals surface area contributed by atoms with Gasteiger partial charge in [0.15, 0.2) is 0 Å². The standard InChI is InChI=1S/C13H20FNS/c1-2-11-3-4-12(16-11)9-13(14)7-5-10(15)6-8-13/h3-4,10H,2,5-9,15H2,1H3. The monoisotopic (exact) mass is 241 g/mol. The predicted molar refractivity (Wildman–Crippen MR) is 67.7 cm³/mol. The van der Waals surface area contributed by atoms with Crippen molar-refractivity contribution in [2.24, 2.45) is 5.73 Å². The van der Waals surface area contributed by atoms with Crippen LogP contribution in [0.15, 0.2) is 12.1 Å². The van der Waals surface area contributed by atoms with Gasteiger partial charge in [0, 0.05) is 22.2 Å². The van der Waals surface area contributed by atoms with Crippen LogP contribution in [0.5, 0.6) is 0 Å². The fourth-order valence-corrected chi connectivity index (χ4v) is 3.44. The summed E-state index contributed by atoms with van der Waals surface area (Å²) in [7, 11) is 0. The van der Waals surface area contributed by atoms with Crippen LogP contribution in [-0.2, 0) is 12.8 Å². The minimum atomic E-state index is -0.994. The molecule has 3 heteroatoms. The summed E-state index contributed by atoms with van der Waals surface area (Å²) in [6, 6.07) is 4.43. The summed E-state index contributed by atoms with van der Waals surface area (Å²) < 4.78 is 14.5. The molecule has 1 nitrogen and oxygen atoms in total. The second kappa shape index (κ2) is 4.84. The van der Waals surface area contributed by atoms with E-state index in [0.717, 1.165) is 19.3 Å². The smallest absolute Gasteiger partial charge is 0.116 e. The summed E-state index contributed by atoms with van der Waals surface area (Å²) in [5.74, 6) is 0. The SMILES string of the molecule is CCc1ccc(CC2(F)CCC(N)CC2)s1. The van der Waals surface area contributed by atoms with Crippen LogP contribution in [0.2, 0.25) is 0 Å². The van der Waals surface area contributed by atoms with E-state index in [1.54, 1.807) is 11.3 Å². The predicted octanol–water partition coefficient (Wildman–Crippen LogP) is 3.46. The van der Waals surface area contributed by atoms with Crippen molar-refractivity contribution in [3.05, 3.63) is 21.9 Å². The second-order valence-corrected chi connectivity index (χ2v) is 6.14. The number of hydrogen-bond donors (Lipinski definition) is 1. The molecule has 0 spiro atoms. The largest absolute Gasteiger partial charge is 0.328 e. The average Bonchev–Trinajstić information content (AvgIpc) is 2.70. The highest BCUT2D eigenvalue weighted by atomic mass is 32.1. The fraction of sp³-hybridized carbons (Fsp3) is 0.692. The van der Waals surface area contributed by atoms with Crippen molar-refractivity contribution in [3.8, 4) is 0 Å². The van der Waals surface area contributed by atoms with Gasteiger partial charge in [-0.3, -0.25) is 0 Å². The van der Waals surface area contributed by atoms with Crippen LogP contribution in [0.3, 0.4) is 0 Å². The molecule has 0 atom stereocenters. The molecular weight excluding hydrogens is 221 g/mol. The first kappa shape index (κ1) is 12.1. The molecule has 1 aromatic heterocycles. The van der Waals surface area contributed by atoms with E-state index >= 15 is 0 Å². The highest BCUT2D eigenvalue weighted by Crippen LogP contribution is 2.35. The first-order valence-corrected chi connectivity index (χ1v) is 6.95. The van der Waals surface area contributed by atoms with Crippen LogP contribution >= 0.6 is 11.3 Å². The topological polar surface area (TPSA) is 26.0 Å². The zero-order valence-corrected chi connectivity index (χ0v) is 10.7. The van der Waals surface area contributed by atoms with E-state index in [4.69, 9.17) is 5.73 Å². The maximum absolute atomic E-state index is 14.5. The van der Waals surface area contributed by atoms with Crippen molar-refractivity contribution in [2.75, 3.05) is 0 Å². The van der Waals surface area contributed by atoms with Crippen molar-refractivity contribution in [2.45, 2.75) is 57.2 Å².